The number of methoxy groups -OCH3 is 1. The number of carbonyl (C=O) groups is 1. The van der Waals surface area contributed by atoms with E-state index in [0.29, 0.717) is 5.56 Å². The lowest BCUT2D eigenvalue weighted by molar-refractivity contribution is 0.0601. The fourth-order valence-electron chi connectivity index (χ4n) is 5.06. The van der Waals surface area contributed by atoms with Gasteiger partial charge < -0.3 is 14.5 Å². The third kappa shape index (κ3) is 4.04. The van der Waals surface area contributed by atoms with E-state index in [4.69, 9.17) is 4.74 Å². The maximum Gasteiger partial charge on any atom is 0.337 e. The quantitative estimate of drug-likeness (QED) is 0.593. The number of aromatic nitrogens is 2. The Bertz CT molecular complexity index is 1050. The molecular weight excluding hydrogens is 388 g/mol. The number of likely N-dealkylation sites (tertiary alicyclic amines) is 1. The van der Waals surface area contributed by atoms with Crippen LogP contribution < -0.4 is 4.90 Å². The van der Waals surface area contributed by atoms with Crippen LogP contribution in [-0.4, -0.2) is 59.8 Å². The highest BCUT2D eigenvalue weighted by Crippen LogP contribution is 2.27. The van der Waals surface area contributed by atoms with Crippen molar-refractivity contribution < 1.29 is 9.53 Å². The summed E-state index contributed by atoms with van der Waals surface area (Å²) in [5.41, 5.74) is 4.61. The molecule has 2 fully saturated rings. The van der Waals surface area contributed by atoms with E-state index in [9.17, 15) is 4.79 Å². The van der Waals surface area contributed by atoms with Gasteiger partial charge in [-0.2, -0.15) is 0 Å². The van der Waals surface area contributed by atoms with Crippen molar-refractivity contribution in [2.75, 3.05) is 38.2 Å². The summed E-state index contributed by atoms with van der Waals surface area (Å²) in [6.45, 7) is 4.82. The van der Waals surface area contributed by atoms with E-state index < -0.39 is 0 Å². The third-order valence-electron chi connectivity index (χ3n) is 6.83. The average Bonchev–Trinajstić information content (AvgIpc) is 3.27. The van der Waals surface area contributed by atoms with Crippen LogP contribution in [0.25, 0.3) is 16.7 Å². The molecule has 3 aromatic rings. The van der Waals surface area contributed by atoms with Gasteiger partial charge in [0.2, 0.25) is 0 Å². The summed E-state index contributed by atoms with van der Waals surface area (Å²) < 4.78 is 6.88. The second-order valence-corrected chi connectivity index (χ2v) is 8.64. The predicted octanol–water partition coefficient (Wildman–Crippen LogP) is 4.27. The number of carbonyl (C=O) groups excluding carboxylic acids is 1. The van der Waals surface area contributed by atoms with Gasteiger partial charge >= 0.3 is 5.97 Å². The molecule has 162 valence electrons. The number of imidazole rings is 1. The topological polar surface area (TPSA) is 50.6 Å². The molecule has 0 aliphatic carbocycles. The number of esters is 1. The van der Waals surface area contributed by atoms with Crippen LogP contribution in [-0.2, 0) is 4.74 Å². The number of hydrogen-bond donors (Lipinski definition) is 0. The number of rotatable bonds is 4. The van der Waals surface area contributed by atoms with Crippen molar-refractivity contribution in [2.24, 2.45) is 0 Å². The molecule has 0 amide bonds. The molecule has 0 atom stereocenters. The first-order valence-electron chi connectivity index (χ1n) is 11.4. The SMILES string of the molecule is COC(=O)c1ccc2ncn(-c3ccc(N4CCC(N5CCCCC5)CC4)cc3)c2c1. The molecule has 1 aromatic heterocycles. The van der Waals surface area contributed by atoms with Gasteiger partial charge in [0.1, 0.15) is 6.33 Å². The number of benzene rings is 2. The molecule has 2 aliphatic rings. The van der Waals surface area contributed by atoms with Crippen LogP contribution in [0.4, 0.5) is 5.69 Å². The van der Waals surface area contributed by atoms with Gasteiger partial charge in [-0.15, -0.1) is 0 Å². The highest BCUT2D eigenvalue weighted by atomic mass is 16.5. The molecule has 2 aliphatic heterocycles. The summed E-state index contributed by atoms with van der Waals surface area (Å²) in [7, 11) is 1.40. The number of anilines is 1. The van der Waals surface area contributed by atoms with Gasteiger partial charge in [-0.1, -0.05) is 6.42 Å². The van der Waals surface area contributed by atoms with E-state index >= 15 is 0 Å². The van der Waals surface area contributed by atoms with Crippen LogP contribution in [0.5, 0.6) is 0 Å². The zero-order chi connectivity index (χ0) is 21.2. The molecule has 2 aromatic carbocycles. The van der Waals surface area contributed by atoms with Crippen LogP contribution in [0.3, 0.4) is 0 Å². The third-order valence-corrected chi connectivity index (χ3v) is 6.83. The van der Waals surface area contributed by atoms with E-state index in [0.717, 1.165) is 35.9 Å². The van der Waals surface area contributed by atoms with Crippen LogP contribution in [0.1, 0.15) is 42.5 Å². The van der Waals surface area contributed by atoms with Gasteiger partial charge in [-0.05, 0) is 81.2 Å². The molecule has 2 saturated heterocycles. The lowest BCUT2D eigenvalue weighted by atomic mass is 9.99. The van der Waals surface area contributed by atoms with E-state index in [2.05, 4.69) is 39.0 Å². The number of piperidine rings is 2. The average molecular weight is 419 g/mol. The van der Waals surface area contributed by atoms with Crippen LogP contribution in [0, 0.1) is 0 Å². The molecule has 5 rings (SSSR count). The number of ether oxygens (including phenoxy) is 1. The first-order chi connectivity index (χ1) is 15.2. The predicted molar refractivity (Wildman–Crippen MR) is 123 cm³/mol. The second kappa shape index (κ2) is 8.71. The smallest absolute Gasteiger partial charge is 0.337 e. The summed E-state index contributed by atoms with van der Waals surface area (Å²) in [6, 6.07) is 14.9. The highest BCUT2D eigenvalue weighted by molar-refractivity contribution is 5.94. The van der Waals surface area contributed by atoms with Crippen molar-refractivity contribution in [1.29, 1.82) is 0 Å². The Balaban J connectivity index is 1.30. The Morgan fingerprint density at radius 2 is 1.65 bits per heavy atom. The zero-order valence-electron chi connectivity index (χ0n) is 18.2. The Labute approximate surface area is 183 Å². The first kappa shape index (κ1) is 20.1. The molecule has 0 radical (unpaired) electrons. The van der Waals surface area contributed by atoms with E-state index in [1.807, 2.05) is 23.0 Å². The molecule has 3 heterocycles. The maximum absolute atomic E-state index is 11.9. The molecule has 6 nitrogen and oxygen atoms in total. The summed E-state index contributed by atoms with van der Waals surface area (Å²) in [4.78, 5) is 21.6. The van der Waals surface area contributed by atoms with Crippen LogP contribution in [0.2, 0.25) is 0 Å². The minimum Gasteiger partial charge on any atom is -0.465 e. The van der Waals surface area contributed by atoms with Crippen LogP contribution in [0.15, 0.2) is 48.8 Å². The lowest BCUT2D eigenvalue weighted by Crippen LogP contribution is -2.46. The van der Waals surface area contributed by atoms with Gasteiger partial charge in [0.05, 0.1) is 23.7 Å². The first-order valence-corrected chi connectivity index (χ1v) is 11.4. The largest absolute Gasteiger partial charge is 0.465 e. The molecule has 0 saturated carbocycles. The van der Waals surface area contributed by atoms with E-state index in [1.165, 1.54) is 58.0 Å². The van der Waals surface area contributed by atoms with Crippen LogP contribution >= 0.6 is 0 Å². The molecule has 31 heavy (non-hydrogen) atoms. The lowest BCUT2D eigenvalue weighted by Gasteiger charge is -2.41. The summed E-state index contributed by atoms with van der Waals surface area (Å²) in [6.07, 6.45) is 8.45. The van der Waals surface area contributed by atoms with Crippen molar-refractivity contribution in [3.63, 3.8) is 0 Å². The van der Waals surface area contributed by atoms with Crippen molar-refractivity contribution >= 4 is 22.7 Å². The van der Waals surface area contributed by atoms with E-state index in [1.54, 1.807) is 6.07 Å². The minimum absolute atomic E-state index is 0.335. The zero-order valence-corrected chi connectivity index (χ0v) is 18.2. The molecule has 6 heteroatoms. The van der Waals surface area contributed by atoms with Gasteiger partial charge in [0.15, 0.2) is 0 Å². The highest BCUT2D eigenvalue weighted by Gasteiger charge is 2.25. The monoisotopic (exact) mass is 418 g/mol. The Morgan fingerprint density at radius 1 is 0.935 bits per heavy atom. The molecule has 0 spiro atoms. The molecule has 0 bridgehead atoms. The van der Waals surface area contributed by atoms with Gasteiger partial charge in [-0.25, -0.2) is 9.78 Å². The number of nitrogens with zero attached hydrogens (tertiary/aromatic N) is 4. The Kier molecular flexibility index (Phi) is 5.64. The Hall–Kier alpha value is -2.86. The maximum atomic E-state index is 11.9. The fraction of sp³-hybridized carbons (Fsp3) is 0.440. The molecule has 0 N–H and O–H groups in total. The number of fused-ring (bicyclic) bond motifs is 1. The Morgan fingerprint density at radius 3 is 2.35 bits per heavy atom. The summed E-state index contributed by atoms with van der Waals surface area (Å²) in [5, 5.41) is 0. The normalized spacial score (nSPS) is 18.4. The molecular formula is C25H30N4O2. The number of hydrogen-bond acceptors (Lipinski definition) is 5. The van der Waals surface area contributed by atoms with Gasteiger partial charge in [-0.3, -0.25) is 4.57 Å². The van der Waals surface area contributed by atoms with Gasteiger partial charge in [0.25, 0.3) is 0 Å². The van der Waals surface area contributed by atoms with Crippen molar-refractivity contribution in [2.45, 2.75) is 38.1 Å². The minimum atomic E-state index is -0.335. The fourth-order valence-corrected chi connectivity index (χ4v) is 5.06. The van der Waals surface area contributed by atoms with E-state index in [-0.39, 0.29) is 5.97 Å². The summed E-state index contributed by atoms with van der Waals surface area (Å²) >= 11 is 0. The van der Waals surface area contributed by atoms with Crippen molar-refractivity contribution in [3.05, 3.63) is 54.4 Å². The van der Waals surface area contributed by atoms with Crippen molar-refractivity contribution in [1.82, 2.24) is 14.5 Å². The van der Waals surface area contributed by atoms with Gasteiger partial charge in [0, 0.05) is 30.5 Å². The standard InChI is InChI=1S/C25H30N4O2/c1-31-25(30)19-5-10-23-24(17-19)29(18-26-23)22-8-6-20(7-9-22)28-15-11-21(12-16-28)27-13-3-2-4-14-27/h5-10,17-18,21H,2-4,11-16H2,1H3. The van der Waals surface area contributed by atoms with Crippen molar-refractivity contribution in [3.8, 4) is 5.69 Å². The second-order valence-electron chi connectivity index (χ2n) is 8.64. The molecule has 0 unspecified atom stereocenters. The summed E-state index contributed by atoms with van der Waals surface area (Å²) in [5.74, 6) is -0.335.